The van der Waals surface area contributed by atoms with Crippen molar-refractivity contribution in [3.63, 3.8) is 0 Å². The largest absolute Gasteiger partial charge is 0.329 e. The minimum atomic E-state index is 0.278. The zero-order valence-electron chi connectivity index (χ0n) is 9.90. The molecule has 0 saturated heterocycles. The predicted molar refractivity (Wildman–Crippen MR) is 87.3 cm³/mol. The summed E-state index contributed by atoms with van der Waals surface area (Å²) in [6, 6.07) is 4.60. The van der Waals surface area contributed by atoms with Crippen LogP contribution in [0, 0.1) is 0 Å². The normalized spacial score (nSPS) is 13.2. The van der Waals surface area contributed by atoms with Crippen molar-refractivity contribution >= 4 is 54.5 Å². The fourth-order valence-electron chi connectivity index (χ4n) is 1.84. The number of nitrogens with two attached hydrogens (primary N) is 1. The summed E-state index contributed by atoms with van der Waals surface area (Å²) in [4.78, 5) is 3.61. The highest BCUT2D eigenvalue weighted by molar-refractivity contribution is 9.11. The van der Waals surface area contributed by atoms with E-state index < -0.39 is 0 Å². The highest BCUT2D eigenvalue weighted by Gasteiger charge is 2.17. The highest BCUT2D eigenvalue weighted by Crippen LogP contribution is 2.30. The fourth-order valence-corrected chi connectivity index (χ4v) is 4.67. The SMILES string of the molecule is CN(Cc1csc(Br)c1)C(CN)c1cc(Br)cs1. The average Bonchev–Trinajstić information content (AvgIpc) is 2.89. The van der Waals surface area contributed by atoms with E-state index in [1.54, 1.807) is 22.7 Å². The molecule has 0 spiro atoms. The molecular weight excluding hydrogens is 396 g/mol. The van der Waals surface area contributed by atoms with Gasteiger partial charge in [0, 0.05) is 27.8 Å². The Bertz CT molecular complexity index is 510. The number of thiophene rings is 2. The van der Waals surface area contributed by atoms with Crippen LogP contribution in [0.1, 0.15) is 16.5 Å². The van der Waals surface area contributed by atoms with Crippen molar-refractivity contribution in [2.24, 2.45) is 5.73 Å². The van der Waals surface area contributed by atoms with Crippen molar-refractivity contribution in [2.75, 3.05) is 13.6 Å². The molecule has 2 aromatic rings. The van der Waals surface area contributed by atoms with Crippen molar-refractivity contribution in [3.05, 3.63) is 41.6 Å². The first-order chi connectivity index (χ1) is 8.60. The van der Waals surface area contributed by atoms with E-state index >= 15 is 0 Å². The van der Waals surface area contributed by atoms with Crippen LogP contribution in [0.15, 0.2) is 31.2 Å². The molecule has 18 heavy (non-hydrogen) atoms. The van der Waals surface area contributed by atoms with E-state index in [0.717, 1.165) is 11.0 Å². The number of halogens is 2. The summed E-state index contributed by atoms with van der Waals surface area (Å²) in [6.45, 7) is 1.55. The zero-order valence-corrected chi connectivity index (χ0v) is 14.7. The number of hydrogen-bond donors (Lipinski definition) is 1. The fraction of sp³-hybridized carbons (Fsp3) is 0.333. The van der Waals surface area contributed by atoms with E-state index in [4.69, 9.17) is 5.73 Å². The van der Waals surface area contributed by atoms with Gasteiger partial charge in [0.05, 0.1) is 9.83 Å². The molecule has 0 radical (unpaired) electrons. The first-order valence-corrected chi connectivity index (χ1v) is 8.82. The van der Waals surface area contributed by atoms with Gasteiger partial charge in [0.1, 0.15) is 0 Å². The second-order valence-electron chi connectivity index (χ2n) is 4.09. The number of hydrogen-bond acceptors (Lipinski definition) is 4. The lowest BCUT2D eigenvalue weighted by atomic mass is 10.2. The Morgan fingerprint density at radius 3 is 2.56 bits per heavy atom. The molecule has 0 saturated carbocycles. The van der Waals surface area contributed by atoms with Gasteiger partial charge in [0.15, 0.2) is 0 Å². The van der Waals surface area contributed by atoms with Gasteiger partial charge in [-0.1, -0.05) is 0 Å². The zero-order chi connectivity index (χ0) is 13.1. The van der Waals surface area contributed by atoms with Crippen LogP contribution in [0.4, 0.5) is 0 Å². The lowest BCUT2D eigenvalue weighted by molar-refractivity contribution is 0.245. The molecule has 2 N–H and O–H groups in total. The van der Waals surface area contributed by atoms with E-state index in [9.17, 15) is 0 Å². The summed E-state index contributed by atoms with van der Waals surface area (Å²) < 4.78 is 2.31. The van der Waals surface area contributed by atoms with E-state index in [0.29, 0.717) is 6.54 Å². The van der Waals surface area contributed by atoms with Crippen LogP contribution in [-0.4, -0.2) is 18.5 Å². The highest BCUT2D eigenvalue weighted by atomic mass is 79.9. The summed E-state index contributed by atoms with van der Waals surface area (Å²) >= 11 is 10.5. The summed E-state index contributed by atoms with van der Waals surface area (Å²) in [5.41, 5.74) is 7.24. The molecule has 0 aromatic carbocycles. The van der Waals surface area contributed by atoms with Crippen molar-refractivity contribution < 1.29 is 0 Å². The molecule has 0 fully saturated rings. The molecule has 2 nitrogen and oxygen atoms in total. The Balaban J connectivity index is 2.08. The molecule has 0 amide bonds. The topological polar surface area (TPSA) is 29.3 Å². The third kappa shape index (κ3) is 3.65. The van der Waals surface area contributed by atoms with E-state index in [-0.39, 0.29) is 6.04 Å². The lowest BCUT2D eigenvalue weighted by Gasteiger charge is -2.25. The van der Waals surface area contributed by atoms with Gasteiger partial charge in [0.2, 0.25) is 0 Å². The van der Waals surface area contributed by atoms with Gasteiger partial charge in [-0.15, -0.1) is 22.7 Å². The molecular formula is C12H14Br2N2S2. The molecule has 1 atom stereocenters. The number of rotatable bonds is 5. The summed E-state index contributed by atoms with van der Waals surface area (Å²) in [5.74, 6) is 0. The van der Waals surface area contributed by atoms with Crippen molar-refractivity contribution in [1.29, 1.82) is 0 Å². The molecule has 2 rings (SSSR count). The molecule has 2 heterocycles. The smallest absolute Gasteiger partial charge is 0.0701 e. The Hall–Kier alpha value is 0.280. The third-order valence-electron chi connectivity index (χ3n) is 2.73. The van der Waals surface area contributed by atoms with E-state index in [2.05, 4.69) is 66.7 Å². The monoisotopic (exact) mass is 408 g/mol. The molecule has 0 aliphatic heterocycles. The van der Waals surface area contributed by atoms with Gasteiger partial charge in [-0.2, -0.15) is 0 Å². The first-order valence-electron chi connectivity index (χ1n) is 5.47. The maximum absolute atomic E-state index is 5.92. The summed E-state index contributed by atoms with van der Waals surface area (Å²) in [7, 11) is 2.12. The van der Waals surface area contributed by atoms with Crippen LogP contribution in [0.25, 0.3) is 0 Å². The lowest BCUT2D eigenvalue weighted by Crippen LogP contribution is -2.29. The maximum Gasteiger partial charge on any atom is 0.0701 e. The summed E-state index contributed by atoms with van der Waals surface area (Å²) in [6.07, 6.45) is 0. The van der Waals surface area contributed by atoms with Gasteiger partial charge >= 0.3 is 0 Å². The standard InChI is InChI=1S/C12H14Br2N2S2/c1-16(5-8-2-12(14)18-6-8)10(4-15)11-3-9(13)7-17-11/h2-3,6-7,10H,4-5,15H2,1H3. The molecule has 1 unspecified atom stereocenters. The maximum atomic E-state index is 5.92. The van der Waals surface area contributed by atoms with Gasteiger partial charge in [0.25, 0.3) is 0 Å². The van der Waals surface area contributed by atoms with Crippen molar-refractivity contribution in [3.8, 4) is 0 Å². The molecule has 0 bridgehead atoms. The third-order valence-corrected chi connectivity index (χ3v) is 6.07. The van der Waals surface area contributed by atoms with Crippen LogP contribution in [0.2, 0.25) is 0 Å². The predicted octanol–water partition coefficient (Wildman–Crippen LogP) is 4.47. The van der Waals surface area contributed by atoms with Gasteiger partial charge in [-0.25, -0.2) is 0 Å². The van der Waals surface area contributed by atoms with E-state index in [1.807, 2.05) is 0 Å². The number of nitrogens with zero attached hydrogens (tertiary/aromatic N) is 1. The Kier molecular flexibility index (Phi) is 5.41. The molecule has 98 valence electrons. The van der Waals surface area contributed by atoms with E-state index in [1.165, 1.54) is 14.2 Å². The van der Waals surface area contributed by atoms with Crippen LogP contribution >= 0.6 is 54.5 Å². The second-order valence-corrected chi connectivity index (χ2v) is 8.24. The Morgan fingerprint density at radius 1 is 1.28 bits per heavy atom. The van der Waals surface area contributed by atoms with Crippen LogP contribution in [0.5, 0.6) is 0 Å². The van der Waals surface area contributed by atoms with Gasteiger partial charge in [-0.05, 0) is 62.0 Å². The van der Waals surface area contributed by atoms with Crippen LogP contribution in [-0.2, 0) is 6.54 Å². The Morgan fingerprint density at radius 2 is 2.06 bits per heavy atom. The Labute approximate surface area is 132 Å². The molecule has 0 aliphatic carbocycles. The first kappa shape index (κ1) is 14.7. The van der Waals surface area contributed by atoms with Gasteiger partial charge in [-0.3, -0.25) is 4.90 Å². The average molecular weight is 410 g/mol. The minimum Gasteiger partial charge on any atom is -0.329 e. The molecule has 2 aromatic heterocycles. The van der Waals surface area contributed by atoms with Crippen LogP contribution < -0.4 is 5.73 Å². The molecule has 0 aliphatic rings. The quantitative estimate of drug-likeness (QED) is 0.789. The minimum absolute atomic E-state index is 0.278. The number of likely N-dealkylation sites (N-methyl/N-ethyl adjacent to an activating group) is 1. The van der Waals surface area contributed by atoms with Gasteiger partial charge < -0.3 is 5.73 Å². The second kappa shape index (κ2) is 6.63. The van der Waals surface area contributed by atoms with Crippen molar-refractivity contribution in [2.45, 2.75) is 12.6 Å². The molecule has 6 heteroatoms. The van der Waals surface area contributed by atoms with Crippen LogP contribution in [0.3, 0.4) is 0 Å². The van der Waals surface area contributed by atoms with Crippen molar-refractivity contribution in [1.82, 2.24) is 4.90 Å². The summed E-state index contributed by atoms with van der Waals surface area (Å²) in [5, 5.41) is 4.28.